The van der Waals surface area contributed by atoms with Crippen LogP contribution in [0.2, 0.25) is 0 Å². The molecule has 0 amide bonds. The quantitative estimate of drug-likeness (QED) is 0.440. The molecule has 0 aliphatic rings. The van der Waals surface area contributed by atoms with Crippen molar-refractivity contribution in [2.75, 3.05) is 13.2 Å². The van der Waals surface area contributed by atoms with Gasteiger partial charge in [0.2, 0.25) is 0 Å². The summed E-state index contributed by atoms with van der Waals surface area (Å²) < 4.78 is 12.4. The van der Waals surface area contributed by atoms with E-state index in [4.69, 9.17) is 9.26 Å². The fourth-order valence-corrected chi connectivity index (χ4v) is 4.23. The minimum Gasteiger partial charge on any atom is -0.493 e. The number of aromatic nitrogens is 1. The van der Waals surface area contributed by atoms with Crippen molar-refractivity contribution in [3.63, 3.8) is 0 Å². The normalized spacial score (nSPS) is 12.5. The Labute approximate surface area is 160 Å². The van der Waals surface area contributed by atoms with E-state index in [9.17, 15) is 0 Å². The summed E-state index contributed by atoms with van der Waals surface area (Å²) >= 11 is 3.37. The number of benzene rings is 1. The van der Waals surface area contributed by atoms with Crippen molar-refractivity contribution < 1.29 is 9.26 Å². The summed E-state index contributed by atoms with van der Waals surface area (Å²) in [5.41, 5.74) is 4.07. The molecular weight excluding hydrogens is 364 g/mol. The number of hydrogen-bond acceptors (Lipinski definition) is 6. The van der Waals surface area contributed by atoms with E-state index in [0.29, 0.717) is 12.5 Å². The highest BCUT2D eigenvalue weighted by Crippen LogP contribution is 2.33. The van der Waals surface area contributed by atoms with Crippen molar-refractivity contribution >= 4 is 33.0 Å². The van der Waals surface area contributed by atoms with E-state index in [1.54, 1.807) is 22.7 Å². The first-order valence-electron chi connectivity index (χ1n) is 8.57. The van der Waals surface area contributed by atoms with Crippen LogP contribution in [0.1, 0.15) is 12.5 Å². The Morgan fingerprint density at radius 2 is 2.19 bits per heavy atom. The zero-order valence-electron chi connectivity index (χ0n) is 14.5. The van der Waals surface area contributed by atoms with Crippen LogP contribution >= 0.6 is 22.7 Å². The molecule has 4 aromatic rings. The van der Waals surface area contributed by atoms with Gasteiger partial charge in [-0.05, 0) is 46.0 Å². The lowest BCUT2D eigenvalue weighted by Crippen LogP contribution is -2.24. The van der Waals surface area contributed by atoms with Gasteiger partial charge in [0.05, 0.1) is 6.61 Å². The van der Waals surface area contributed by atoms with Crippen LogP contribution in [0.5, 0.6) is 5.75 Å². The third kappa shape index (κ3) is 3.98. The first-order valence-corrected chi connectivity index (χ1v) is 10.4. The minimum absolute atomic E-state index is 0.424. The predicted octanol–water partition coefficient (Wildman–Crippen LogP) is 5.42. The van der Waals surface area contributed by atoms with Gasteiger partial charge >= 0.3 is 0 Å². The molecular formula is C20H20N2O2S2. The molecule has 1 aromatic carbocycles. The Morgan fingerprint density at radius 1 is 1.23 bits per heavy atom. The number of thiophene rings is 2. The van der Waals surface area contributed by atoms with Gasteiger partial charge in [0, 0.05) is 24.6 Å². The molecule has 0 fully saturated rings. The molecule has 1 unspecified atom stereocenters. The second-order valence-corrected chi connectivity index (χ2v) is 8.05. The smallest absolute Gasteiger partial charge is 0.178 e. The summed E-state index contributed by atoms with van der Waals surface area (Å²) in [6.45, 7) is 4.70. The van der Waals surface area contributed by atoms with E-state index in [-0.39, 0.29) is 0 Å². The summed E-state index contributed by atoms with van der Waals surface area (Å²) in [6, 6.07) is 12.2. The Morgan fingerprint density at radius 3 is 3.08 bits per heavy atom. The minimum atomic E-state index is 0.424. The number of rotatable bonds is 8. The van der Waals surface area contributed by atoms with Crippen molar-refractivity contribution in [3.8, 4) is 17.0 Å². The lowest BCUT2D eigenvalue weighted by molar-refractivity contribution is 0.255. The van der Waals surface area contributed by atoms with Crippen molar-refractivity contribution in [2.24, 2.45) is 5.92 Å². The molecule has 3 aromatic heterocycles. The van der Waals surface area contributed by atoms with Gasteiger partial charge in [-0.2, -0.15) is 11.3 Å². The summed E-state index contributed by atoms with van der Waals surface area (Å²) in [4.78, 5) is 0. The topological polar surface area (TPSA) is 47.3 Å². The molecule has 0 saturated heterocycles. The molecule has 0 aliphatic carbocycles. The molecule has 4 rings (SSSR count). The molecule has 0 radical (unpaired) electrons. The van der Waals surface area contributed by atoms with E-state index in [1.807, 2.05) is 35.7 Å². The fourth-order valence-electron chi connectivity index (χ4n) is 2.75. The van der Waals surface area contributed by atoms with Crippen LogP contribution in [0.3, 0.4) is 0 Å². The van der Waals surface area contributed by atoms with Gasteiger partial charge in [-0.1, -0.05) is 24.2 Å². The highest BCUT2D eigenvalue weighted by molar-refractivity contribution is 7.17. The average Bonchev–Trinajstić information content (AvgIpc) is 3.38. The summed E-state index contributed by atoms with van der Waals surface area (Å²) in [5, 5.41) is 14.0. The van der Waals surface area contributed by atoms with Crippen LogP contribution in [0.15, 0.2) is 57.1 Å². The second-order valence-electron chi connectivity index (χ2n) is 6.35. The third-order valence-corrected chi connectivity index (χ3v) is 5.76. The van der Waals surface area contributed by atoms with Crippen LogP contribution in [-0.4, -0.2) is 18.3 Å². The first kappa shape index (κ1) is 17.3. The standard InChI is InChI=1S/C20H20N2O2S2/c1-14(10-21-11-15-5-7-25-13-15)12-23-17-4-2-3-16(9-17)19-20-18(24-22-19)6-8-26-20/h2-9,13-14,21H,10-12H2,1H3. The number of fused-ring (bicyclic) bond motifs is 1. The summed E-state index contributed by atoms with van der Waals surface area (Å²) in [7, 11) is 0. The van der Waals surface area contributed by atoms with Gasteiger partial charge < -0.3 is 14.6 Å². The summed E-state index contributed by atoms with van der Waals surface area (Å²) in [5.74, 6) is 1.29. The molecule has 134 valence electrons. The lowest BCUT2D eigenvalue weighted by atomic mass is 10.1. The van der Waals surface area contributed by atoms with E-state index in [2.05, 4.69) is 34.2 Å². The van der Waals surface area contributed by atoms with Crippen molar-refractivity contribution in [1.82, 2.24) is 10.5 Å². The number of hydrogen-bond donors (Lipinski definition) is 1. The molecule has 4 nitrogen and oxygen atoms in total. The largest absolute Gasteiger partial charge is 0.493 e. The monoisotopic (exact) mass is 384 g/mol. The molecule has 1 N–H and O–H groups in total. The molecule has 3 heterocycles. The van der Waals surface area contributed by atoms with E-state index < -0.39 is 0 Å². The van der Waals surface area contributed by atoms with Gasteiger partial charge in [-0.25, -0.2) is 0 Å². The van der Waals surface area contributed by atoms with Crippen LogP contribution in [0, 0.1) is 5.92 Å². The Balaban J connectivity index is 1.33. The van der Waals surface area contributed by atoms with Crippen LogP contribution in [0.4, 0.5) is 0 Å². The fraction of sp³-hybridized carbons (Fsp3) is 0.250. The van der Waals surface area contributed by atoms with Crippen LogP contribution < -0.4 is 10.1 Å². The first-order chi connectivity index (χ1) is 12.8. The molecule has 0 spiro atoms. The van der Waals surface area contributed by atoms with Crippen LogP contribution in [0.25, 0.3) is 21.5 Å². The Hall–Kier alpha value is -2.15. The second kappa shape index (κ2) is 8.03. The zero-order chi connectivity index (χ0) is 17.8. The van der Waals surface area contributed by atoms with Gasteiger partial charge in [0.1, 0.15) is 16.1 Å². The van der Waals surface area contributed by atoms with Gasteiger partial charge in [0.15, 0.2) is 5.58 Å². The number of nitrogens with one attached hydrogen (secondary N) is 1. The number of ether oxygens (including phenoxy) is 1. The predicted molar refractivity (Wildman–Crippen MR) is 108 cm³/mol. The SMILES string of the molecule is CC(CNCc1ccsc1)COc1cccc(-c2noc3ccsc23)c1. The molecule has 0 saturated carbocycles. The summed E-state index contributed by atoms with van der Waals surface area (Å²) in [6.07, 6.45) is 0. The number of nitrogens with zero attached hydrogens (tertiary/aromatic N) is 1. The Kier molecular flexibility index (Phi) is 5.34. The van der Waals surface area contributed by atoms with Crippen molar-refractivity contribution in [3.05, 3.63) is 58.1 Å². The van der Waals surface area contributed by atoms with Gasteiger partial charge in [-0.3, -0.25) is 0 Å². The maximum atomic E-state index is 5.99. The zero-order valence-corrected chi connectivity index (χ0v) is 16.1. The maximum absolute atomic E-state index is 5.99. The average molecular weight is 385 g/mol. The molecule has 6 heteroatoms. The molecule has 1 atom stereocenters. The highest BCUT2D eigenvalue weighted by atomic mass is 32.1. The molecule has 0 bridgehead atoms. The van der Waals surface area contributed by atoms with Gasteiger partial charge in [0.25, 0.3) is 0 Å². The lowest BCUT2D eigenvalue weighted by Gasteiger charge is -2.14. The van der Waals surface area contributed by atoms with Crippen molar-refractivity contribution in [2.45, 2.75) is 13.5 Å². The van der Waals surface area contributed by atoms with E-state index in [1.165, 1.54) is 5.56 Å². The third-order valence-electron chi connectivity index (χ3n) is 4.12. The van der Waals surface area contributed by atoms with E-state index in [0.717, 1.165) is 40.4 Å². The Bertz CT molecular complexity index is 959. The molecule has 26 heavy (non-hydrogen) atoms. The maximum Gasteiger partial charge on any atom is 0.178 e. The van der Waals surface area contributed by atoms with Gasteiger partial charge in [-0.15, -0.1) is 11.3 Å². The van der Waals surface area contributed by atoms with E-state index >= 15 is 0 Å². The van der Waals surface area contributed by atoms with Crippen molar-refractivity contribution in [1.29, 1.82) is 0 Å². The van der Waals surface area contributed by atoms with Crippen LogP contribution in [-0.2, 0) is 6.54 Å². The molecule has 0 aliphatic heterocycles. The highest BCUT2D eigenvalue weighted by Gasteiger charge is 2.12.